The highest BCUT2D eigenvalue weighted by Gasteiger charge is 2.26. The van der Waals surface area contributed by atoms with E-state index in [1.807, 2.05) is 29.8 Å². The van der Waals surface area contributed by atoms with Gasteiger partial charge in [0.2, 0.25) is 0 Å². The van der Waals surface area contributed by atoms with Crippen molar-refractivity contribution in [3.8, 4) is 5.69 Å². The Labute approximate surface area is 130 Å². The highest BCUT2D eigenvalue weighted by Crippen LogP contribution is 2.40. The molecule has 1 aliphatic rings. The molecule has 1 aromatic carbocycles. The average Bonchev–Trinajstić information content (AvgIpc) is 3.16. The second-order valence-corrected chi connectivity index (χ2v) is 6.55. The first-order chi connectivity index (χ1) is 9.47. The summed E-state index contributed by atoms with van der Waals surface area (Å²) < 4.78 is 16.8. The third-order valence-electron chi connectivity index (χ3n) is 3.51. The highest BCUT2D eigenvalue weighted by atomic mass is 79.9. The number of halogens is 2. The minimum absolute atomic E-state index is 0.276. The van der Waals surface area contributed by atoms with Crippen molar-refractivity contribution in [3.63, 3.8) is 0 Å². The summed E-state index contributed by atoms with van der Waals surface area (Å²) in [6, 6.07) is 3.29. The van der Waals surface area contributed by atoms with Crippen LogP contribution in [0.2, 0.25) is 0 Å². The normalized spacial score (nSPS) is 14.6. The van der Waals surface area contributed by atoms with Crippen molar-refractivity contribution in [2.45, 2.75) is 18.8 Å². The number of imidazole rings is 1. The van der Waals surface area contributed by atoms with Crippen molar-refractivity contribution >= 4 is 33.8 Å². The molecule has 3 nitrogen and oxygen atoms in total. The maximum Gasteiger partial charge on any atom is 0.182 e. The number of H-pyrrole nitrogens is 1. The number of rotatable bonds is 3. The molecular weight excluding hydrogens is 341 g/mol. The molecule has 6 heteroatoms. The number of anilines is 1. The minimum atomic E-state index is -0.276. The van der Waals surface area contributed by atoms with Crippen molar-refractivity contribution in [2.24, 2.45) is 0 Å². The Morgan fingerprint density at radius 3 is 2.70 bits per heavy atom. The third-order valence-corrected chi connectivity index (χ3v) is 4.42. The van der Waals surface area contributed by atoms with Gasteiger partial charge in [-0.1, -0.05) is 0 Å². The molecule has 1 heterocycles. The first-order valence-electron chi connectivity index (χ1n) is 6.45. The molecule has 20 heavy (non-hydrogen) atoms. The minimum Gasteiger partial charge on any atom is -0.376 e. The Bertz CT molecular complexity index is 716. The number of hydrogen-bond donors (Lipinski definition) is 1. The molecule has 1 saturated carbocycles. The lowest BCUT2D eigenvalue weighted by atomic mass is 10.2. The average molecular weight is 356 g/mol. The molecule has 1 N–H and O–H groups in total. The van der Waals surface area contributed by atoms with E-state index < -0.39 is 0 Å². The van der Waals surface area contributed by atoms with Gasteiger partial charge in [0.25, 0.3) is 0 Å². The molecule has 1 aromatic heterocycles. The number of aromatic amines is 1. The fraction of sp³-hybridized carbons (Fsp3) is 0.357. The van der Waals surface area contributed by atoms with E-state index in [9.17, 15) is 4.39 Å². The number of nitrogens with one attached hydrogen (secondary N) is 1. The summed E-state index contributed by atoms with van der Waals surface area (Å²) in [6.07, 6.45) is 4.46. The summed E-state index contributed by atoms with van der Waals surface area (Å²) >= 11 is 8.65. The Morgan fingerprint density at radius 1 is 1.40 bits per heavy atom. The highest BCUT2D eigenvalue weighted by molar-refractivity contribution is 9.10. The molecule has 0 amide bonds. The van der Waals surface area contributed by atoms with E-state index in [1.165, 1.54) is 24.6 Å². The van der Waals surface area contributed by atoms with Crippen LogP contribution in [0.5, 0.6) is 0 Å². The summed E-state index contributed by atoms with van der Waals surface area (Å²) in [5.74, 6) is 0.326. The van der Waals surface area contributed by atoms with Crippen LogP contribution in [0.25, 0.3) is 5.69 Å². The lowest BCUT2D eigenvalue weighted by molar-refractivity contribution is 0.620. The smallest absolute Gasteiger partial charge is 0.182 e. The van der Waals surface area contributed by atoms with Crippen LogP contribution >= 0.6 is 28.1 Å². The summed E-state index contributed by atoms with van der Waals surface area (Å²) in [5.41, 5.74) is 2.83. The lowest BCUT2D eigenvalue weighted by Gasteiger charge is -2.18. The first-order valence-corrected chi connectivity index (χ1v) is 7.66. The number of nitrogens with zero attached hydrogens (tertiary/aromatic N) is 2. The summed E-state index contributed by atoms with van der Waals surface area (Å²) in [6.45, 7) is 0. The Hall–Kier alpha value is -1.14. The first kappa shape index (κ1) is 13.8. The zero-order chi connectivity index (χ0) is 14.4. The molecule has 2 aromatic rings. The monoisotopic (exact) mass is 355 g/mol. The Morgan fingerprint density at radius 2 is 2.10 bits per heavy atom. The van der Waals surface area contributed by atoms with Gasteiger partial charge in [-0.05, 0) is 47.1 Å². The molecule has 1 fully saturated rings. The van der Waals surface area contributed by atoms with Gasteiger partial charge in [-0.2, -0.15) is 0 Å². The molecule has 1 aliphatic carbocycles. The van der Waals surface area contributed by atoms with Crippen LogP contribution in [0.1, 0.15) is 24.5 Å². The second kappa shape index (κ2) is 5.00. The van der Waals surface area contributed by atoms with Gasteiger partial charge in [-0.15, -0.1) is 0 Å². The predicted molar refractivity (Wildman–Crippen MR) is 84.9 cm³/mol. The van der Waals surface area contributed by atoms with Gasteiger partial charge >= 0.3 is 0 Å². The van der Waals surface area contributed by atoms with Crippen molar-refractivity contribution in [3.05, 3.63) is 39.1 Å². The van der Waals surface area contributed by atoms with Crippen molar-refractivity contribution in [2.75, 3.05) is 19.0 Å². The number of hydrogen-bond acceptors (Lipinski definition) is 2. The van der Waals surface area contributed by atoms with Crippen LogP contribution in [0.3, 0.4) is 0 Å². The summed E-state index contributed by atoms with van der Waals surface area (Å²) in [7, 11) is 3.79. The Balaban J connectivity index is 2.17. The zero-order valence-corrected chi connectivity index (χ0v) is 13.7. The van der Waals surface area contributed by atoms with Crippen molar-refractivity contribution in [1.29, 1.82) is 0 Å². The van der Waals surface area contributed by atoms with E-state index in [0.29, 0.717) is 15.2 Å². The van der Waals surface area contributed by atoms with Gasteiger partial charge in [0, 0.05) is 38.0 Å². The fourth-order valence-electron chi connectivity index (χ4n) is 2.27. The van der Waals surface area contributed by atoms with E-state index in [4.69, 9.17) is 12.2 Å². The van der Waals surface area contributed by atoms with Gasteiger partial charge < -0.3 is 9.88 Å². The maximum absolute atomic E-state index is 13.8. The van der Waals surface area contributed by atoms with Gasteiger partial charge in [0.15, 0.2) is 4.77 Å². The van der Waals surface area contributed by atoms with E-state index in [2.05, 4.69) is 20.9 Å². The largest absolute Gasteiger partial charge is 0.376 e. The standard InChI is InChI=1S/C14H15BrFN3S/c1-18(2)12-6-10(16)9(15)5-13(12)19-7-11(8-3-4-8)17-14(19)20/h5-8H,3-4H2,1-2H3,(H,17,20). The van der Waals surface area contributed by atoms with E-state index in [1.54, 1.807) is 6.07 Å². The predicted octanol–water partition coefficient (Wildman–Crippen LogP) is 4.38. The van der Waals surface area contributed by atoms with Crippen LogP contribution in [-0.4, -0.2) is 23.6 Å². The molecule has 0 bridgehead atoms. The molecule has 0 unspecified atom stereocenters. The molecule has 106 valence electrons. The topological polar surface area (TPSA) is 24.0 Å². The van der Waals surface area contributed by atoms with Crippen LogP contribution < -0.4 is 4.90 Å². The Kier molecular flexibility index (Phi) is 3.46. The van der Waals surface area contributed by atoms with Crippen LogP contribution in [-0.2, 0) is 0 Å². The van der Waals surface area contributed by atoms with Gasteiger partial charge in [-0.25, -0.2) is 4.39 Å². The van der Waals surface area contributed by atoms with Crippen LogP contribution in [0.4, 0.5) is 10.1 Å². The molecule has 3 rings (SSSR count). The van der Waals surface area contributed by atoms with E-state index >= 15 is 0 Å². The second-order valence-electron chi connectivity index (χ2n) is 5.31. The maximum atomic E-state index is 13.8. The number of aromatic nitrogens is 2. The molecular formula is C14H15BrFN3S. The van der Waals surface area contributed by atoms with Gasteiger partial charge in [-0.3, -0.25) is 4.57 Å². The SMILES string of the molecule is CN(C)c1cc(F)c(Br)cc1-n1cc(C2CC2)[nH]c1=S. The fourth-order valence-corrected chi connectivity index (χ4v) is 2.87. The third kappa shape index (κ3) is 2.42. The van der Waals surface area contributed by atoms with Gasteiger partial charge in [0.1, 0.15) is 5.82 Å². The molecule has 0 radical (unpaired) electrons. The van der Waals surface area contributed by atoms with E-state index in [-0.39, 0.29) is 5.82 Å². The van der Waals surface area contributed by atoms with E-state index in [0.717, 1.165) is 11.4 Å². The summed E-state index contributed by atoms with van der Waals surface area (Å²) in [5, 5.41) is 0. The van der Waals surface area contributed by atoms with Crippen LogP contribution in [0, 0.1) is 10.6 Å². The quantitative estimate of drug-likeness (QED) is 0.826. The zero-order valence-electron chi connectivity index (χ0n) is 11.3. The molecule has 0 spiro atoms. The number of benzene rings is 1. The van der Waals surface area contributed by atoms with Crippen molar-refractivity contribution in [1.82, 2.24) is 9.55 Å². The molecule has 0 atom stereocenters. The van der Waals surface area contributed by atoms with Crippen molar-refractivity contribution < 1.29 is 4.39 Å². The molecule has 0 saturated heterocycles. The summed E-state index contributed by atoms with van der Waals surface area (Å²) in [4.78, 5) is 5.14. The lowest BCUT2D eigenvalue weighted by Crippen LogP contribution is -2.12. The van der Waals surface area contributed by atoms with Gasteiger partial charge in [0.05, 0.1) is 15.8 Å². The molecule has 0 aliphatic heterocycles. The van der Waals surface area contributed by atoms with Crippen LogP contribution in [0.15, 0.2) is 22.8 Å².